The monoisotopic (exact) mass is 270 g/mol. The van der Waals surface area contributed by atoms with E-state index >= 15 is 0 Å². The van der Waals surface area contributed by atoms with E-state index in [4.69, 9.17) is 5.73 Å². The van der Waals surface area contributed by atoms with Gasteiger partial charge in [0.25, 0.3) is 0 Å². The molecule has 1 rings (SSSR count). The Balaban J connectivity index is 2.76. The van der Waals surface area contributed by atoms with Crippen molar-refractivity contribution in [2.24, 2.45) is 11.7 Å². The second-order valence-electron chi connectivity index (χ2n) is 4.06. The summed E-state index contributed by atoms with van der Waals surface area (Å²) < 4.78 is 4.63. The second kappa shape index (κ2) is 6.51. The Morgan fingerprint density at radius 1 is 1.56 bits per heavy atom. The van der Waals surface area contributed by atoms with Crippen LogP contribution in [0.5, 0.6) is 0 Å². The lowest BCUT2D eigenvalue weighted by atomic mass is 9.99. The van der Waals surface area contributed by atoms with Gasteiger partial charge in [0.2, 0.25) is 5.91 Å². The number of hydrogen-bond donors (Lipinski definition) is 2. The lowest BCUT2D eigenvalue weighted by Crippen LogP contribution is -2.40. The van der Waals surface area contributed by atoms with E-state index in [1.807, 2.05) is 13.8 Å². The molecule has 0 aliphatic rings. The zero-order valence-corrected chi connectivity index (χ0v) is 11.5. The lowest BCUT2D eigenvalue weighted by molar-refractivity contribution is -0.118. The van der Waals surface area contributed by atoms with Crippen molar-refractivity contribution in [3.8, 4) is 0 Å². The molecular weight excluding hydrogens is 252 g/mol. The van der Waals surface area contributed by atoms with E-state index in [1.165, 1.54) is 18.4 Å². The van der Waals surface area contributed by atoms with Crippen molar-refractivity contribution in [3.05, 3.63) is 16.3 Å². The SMILES string of the molecule is CC[C@H](C)[C@H](N)C(=O)Nc1ccsc1C(=O)OC. The summed E-state index contributed by atoms with van der Waals surface area (Å²) in [6, 6.07) is 1.08. The number of amides is 1. The molecule has 2 atom stereocenters. The van der Waals surface area contributed by atoms with Crippen molar-refractivity contribution >= 4 is 28.9 Å². The quantitative estimate of drug-likeness (QED) is 0.800. The van der Waals surface area contributed by atoms with Gasteiger partial charge in [-0.25, -0.2) is 4.79 Å². The van der Waals surface area contributed by atoms with Gasteiger partial charge in [0.15, 0.2) is 0 Å². The van der Waals surface area contributed by atoms with E-state index < -0.39 is 12.0 Å². The van der Waals surface area contributed by atoms with Crippen LogP contribution in [-0.2, 0) is 9.53 Å². The van der Waals surface area contributed by atoms with Crippen molar-refractivity contribution in [1.82, 2.24) is 0 Å². The number of hydrogen-bond acceptors (Lipinski definition) is 5. The van der Waals surface area contributed by atoms with Crippen molar-refractivity contribution in [3.63, 3.8) is 0 Å². The lowest BCUT2D eigenvalue weighted by Gasteiger charge is -2.17. The summed E-state index contributed by atoms with van der Waals surface area (Å²) in [5.41, 5.74) is 6.28. The van der Waals surface area contributed by atoms with Crippen LogP contribution in [0.3, 0.4) is 0 Å². The maximum atomic E-state index is 11.9. The van der Waals surface area contributed by atoms with Gasteiger partial charge in [-0.1, -0.05) is 20.3 Å². The molecule has 1 amide bonds. The van der Waals surface area contributed by atoms with E-state index in [0.29, 0.717) is 10.6 Å². The van der Waals surface area contributed by atoms with E-state index in [-0.39, 0.29) is 11.8 Å². The van der Waals surface area contributed by atoms with Crippen molar-refractivity contribution < 1.29 is 14.3 Å². The average Bonchev–Trinajstić information content (AvgIpc) is 2.83. The van der Waals surface area contributed by atoms with Crippen molar-refractivity contribution in [1.29, 1.82) is 0 Å². The number of ether oxygens (including phenoxy) is 1. The van der Waals surface area contributed by atoms with Crippen LogP contribution in [0.1, 0.15) is 29.9 Å². The molecule has 0 aromatic carbocycles. The standard InChI is InChI=1S/C12H18N2O3S/c1-4-7(2)9(13)11(15)14-8-5-6-18-10(8)12(16)17-3/h5-7,9H,4,13H2,1-3H3,(H,14,15)/t7-,9-/m0/s1. The van der Waals surface area contributed by atoms with Crippen LogP contribution >= 0.6 is 11.3 Å². The molecule has 1 heterocycles. The summed E-state index contributed by atoms with van der Waals surface area (Å²) in [6.07, 6.45) is 0.822. The van der Waals surface area contributed by atoms with Crippen LogP contribution in [-0.4, -0.2) is 25.0 Å². The molecule has 1 aromatic heterocycles. The Kier molecular flexibility index (Phi) is 5.30. The molecule has 0 saturated carbocycles. The topological polar surface area (TPSA) is 81.4 Å². The Bertz CT molecular complexity index is 431. The number of carbonyl (C=O) groups excluding carboxylic acids is 2. The zero-order chi connectivity index (χ0) is 13.7. The number of nitrogens with one attached hydrogen (secondary N) is 1. The first-order valence-corrected chi connectivity index (χ1v) is 6.61. The predicted molar refractivity (Wildman–Crippen MR) is 71.7 cm³/mol. The first-order chi connectivity index (χ1) is 8.51. The predicted octanol–water partition coefficient (Wildman–Crippen LogP) is 1.85. The fourth-order valence-electron chi connectivity index (χ4n) is 1.39. The van der Waals surface area contributed by atoms with Crippen LogP contribution in [0.4, 0.5) is 5.69 Å². The summed E-state index contributed by atoms with van der Waals surface area (Å²) in [6.45, 7) is 3.89. The Morgan fingerprint density at radius 3 is 2.78 bits per heavy atom. The maximum absolute atomic E-state index is 11.9. The molecule has 0 unspecified atom stereocenters. The van der Waals surface area contributed by atoms with Gasteiger partial charge in [0, 0.05) is 0 Å². The average molecular weight is 270 g/mol. The van der Waals surface area contributed by atoms with Gasteiger partial charge in [-0.15, -0.1) is 11.3 Å². The summed E-state index contributed by atoms with van der Waals surface area (Å²) in [5.74, 6) is -0.657. The minimum atomic E-state index is -0.583. The largest absolute Gasteiger partial charge is 0.465 e. The van der Waals surface area contributed by atoms with Crippen LogP contribution in [0.25, 0.3) is 0 Å². The molecular formula is C12H18N2O3S. The molecule has 0 spiro atoms. The fraction of sp³-hybridized carbons (Fsp3) is 0.500. The Labute approximate surface area is 110 Å². The number of rotatable bonds is 5. The second-order valence-corrected chi connectivity index (χ2v) is 4.97. The van der Waals surface area contributed by atoms with Crippen LogP contribution in [0.15, 0.2) is 11.4 Å². The summed E-state index contributed by atoms with van der Waals surface area (Å²) in [7, 11) is 1.30. The third-order valence-corrected chi connectivity index (χ3v) is 3.75. The Morgan fingerprint density at radius 2 is 2.22 bits per heavy atom. The fourth-order valence-corrected chi connectivity index (χ4v) is 2.15. The maximum Gasteiger partial charge on any atom is 0.350 e. The van der Waals surface area contributed by atoms with Gasteiger partial charge in [-0.2, -0.15) is 0 Å². The molecule has 18 heavy (non-hydrogen) atoms. The summed E-state index contributed by atoms with van der Waals surface area (Å²) in [4.78, 5) is 23.7. The van der Waals surface area contributed by atoms with Gasteiger partial charge >= 0.3 is 5.97 Å². The molecule has 100 valence electrons. The number of nitrogens with two attached hydrogens (primary N) is 1. The molecule has 0 aliphatic carbocycles. The van der Waals surface area contributed by atoms with Crippen molar-refractivity contribution in [2.75, 3.05) is 12.4 Å². The highest BCUT2D eigenvalue weighted by Crippen LogP contribution is 2.23. The van der Waals surface area contributed by atoms with Gasteiger partial charge in [-0.05, 0) is 17.4 Å². The highest BCUT2D eigenvalue weighted by Gasteiger charge is 2.22. The molecule has 0 radical (unpaired) electrons. The molecule has 1 aromatic rings. The number of methoxy groups -OCH3 is 1. The third-order valence-electron chi connectivity index (χ3n) is 2.85. The number of thiophene rings is 1. The minimum absolute atomic E-state index is 0.0882. The highest BCUT2D eigenvalue weighted by atomic mass is 32.1. The van der Waals surface area contributed by atoms with Gasteiger partial charge in [0.05, 0.1) is 18.8 Å². The third kappa shape index (κ3) is 3.30. The molecule has 3 N–H and O–H groups in total. The smallest absolute Gasteiger partial charge is 0.350 e. The van der Waals surface area contributed by atoms with E-state index in [2.05, 4.69) is 10.1 Å². The number of carbonyl (C=O) groups is 2. The number of esters is 1. The highest BCUT2D eigenvalue weighted by molar-refractivity contribution is 7.12. The normalized spacial score (nSPS) is 13.8. The van der Waals surface area contributed by atoms with Crippen LogP contribution in [0.2, 0.25) is 0 Å². The zero-order valence-electron chi connectivity index (χ0n) is 10.7. The first-order valence-electron chi connectivity index (χ1n) is 5.73. The van der Waals surface area contributed by atoms with E-state index in [0.717, 1.165) is 6.42 Å². The van der Waals surface area contributed by atoms with E-state index in [1.54, 1.807) is 11.4 Å². The van der Waals surface area contributed by atoms with Gasteiger partial charge in [0.1, 0.15) is 4.88 Å². The summed E-state index contributed by atoms with van der Waals surface area (Å²) >= 11 is 1.22. The molecule has 0 saturated heterocycles. The summed E-state index contributed by atoms with van der Waals surface area (Å²) in [5, 5.41) is 4.39. The first kappa shape index (κ1) is 14.7. The minimum Gasteiger partial charge on any atom is -0.465 e. The van der Waals surface area contributed by atoms with Crippen LogP contribution < -0.4 is 11.1 Å². The van der Waals surface area contributed by atoms with Crippen molar-refractivity contribution in [2.45, 2.75) is 26.3 Å². The van der Waals surface area contributed by atoms with Crippen LogP contribution in [0, 0.1) is 5.92 Å². The Hall–Kier alpha value is -1.40. The van der Waals surface area contributed by atoms with Gasteiger partial charge in [-0.3, -0.25) is 4.79 Å². The molecule has 6 heteroatoms. The molecule has 0 fully saturated rings. The van der Waals surface area contributed by atoms with E-state index in [9.17, 15) is 9.59 Å². The molecule has 0 bridgehead atoms. The number of anilines is 1. The molecule has 0 aliphatic heterocycles. The molecule has 5 nitrogen and oxygen atoms in total. The van der Waals surface area contributed by atoms with Gasteiger partial charge < -0.3 is 15.8 Å².